The highest BCUT2D eigenvalue weighted by Crippen LogP contribution is 2.27. The van der Waals surface area contributed by atoms with E-state index < -0.39 is 6.43 Å². The van der Waals surface area contributed by atoms with E-state index in [2.05, 4.69) is 10.1 Å². The molecule has 0 radical (unpaired) electrons. The zero-order valence-corrected chi connectivity index (χ0v) is 9.36. The van der Waals surface area contributed by atoms with Crippen LogP contribution >= 0.6 is 11.3 Å². The van der Waals surface area contributed by atoms with Crippen LogP contribution in [0.15, 0.2) is 35.8 Å². The van der Waals surface area contributed by atoms with Gasteiger partial charge in [-0.25, -0.2) is 18.3 Å². The first-order valence-electron chi connectivity index (χ1n) is 4.92. The molecule has 3 aromatic heterocycles. The molecule has 0 atom stereocenters. The quantitative estimate of drug-likeness (QED) is 0.698. The van der Waals surface area contributed by atoms with Gasteiger partial charge in [-0.05, 0) is 17.5 Å². The number of fused-ring (bicyclic) bond motifs is 1. The molecule has 0 spiro atoms. The highest BCUT2D eigenvalue weighted by Gasteiger charge is 2.15. The van der Waals surface area contributed by atoms with Crippen molar-refractivity contribution in [2.75, 3.05) is 0 Å². The van der Waals surface area contributed by atoms with Crippen LogP contribution in [0.5, 0.6) is 0 Å². The fraction of sp³-hybridized carbons (Fsp3) is 0.0909. The first kappa shape index (κ1) is 10.3. The molecule has 0 aliphatic carbocycles. The second kappa shape index (κ2) is 3.89. The van der Waals surface area contributed by atoms with Crippen molar-refractivity contribution in [2.24, 2.45) is 0 Å². The molecule has 0 saturated heterocycles. The number of halogens is 2. The predicted octanol–water partition coefficient (Wildman–Crippen LogP) is 3.40. The summed E-state index contributed by atoms with van der Waals surface area (Å²) < 4.78 is 27.0. The van der Waals surface area contributed by atoms with Crippen molar-refractivity contribution < 1.29 is 8.78 Å². The van der Waals surface area contributed by atoms with Crippen molar-refractivity contribution in [3.05, 3.63) is 41.5 Å². The van der Waals surface area contributed by atoms with Crippen LogP contribution in [0.25, 0.3) is 16.2 Å². The monoisotopic (exact) mass is 251 g/mol. The number of alkyl halides is 2. The van der Waals surface area contributed by atoms with Crippen LogP contribution in [-0.4, -0.2) is 14.6 Å². The normalized spacial score (nSPS) is 11.5. The Hall–Kier alpha value is -1.82. The van der Waals surface area contributed by atoms with Crippen molar-refractivity contribution in [3.63, 3.8) is 0 Å². The summed E-state index contributed by atoms with van der Waals surface area (Å²) in [4.78, 5) is 5.17. The summed E-state index contributed by atoms with van der Waals surface area (Å²) >= 11 is 1.47. The summed E-state index contributed by atoms with van der Waals surface area (Å²) in [6.45, 7) is 0. The molecule has 0 N–H and O–H groups in total. The van der Waals surface area contributed by atoms with E-state index in [0.717, 1.165) is 4.88 Å². The molecule has 17 heavy (non-hydrogen) atoms. The fourth-order valence-electron chi connectivity index (χ4n) is 1.64. The maximum absolute atomic E-state index is 12.9. The third kappa shape index (κ3) is 1.70. The Morgan fingerprint density at radius 1 is 1.29 bits per heavy atom. The summed E-state index contributed by atoms with van der Waals surface area (Å²) in [7, 11) is 0. The van der Waals surface area contributed by atoms with Crippen molar-refractivity contribution >= 4 is 17.0 Å². The van der Waals surface area contributed by atoms with Crippen molar-refractivity contribution in [2.45, 2.75) is 6.43 Å². The Morgan fingerprint density at radius 2 is 2.18 bits per heavy atom. The lowest BCUT2D eigenvalue weighted by Crippen LogP contribution is -2.01. The number of thiophene rings is 1. The minimum absolute atomic E-state index is 0.136. The van der Waals surface area contributed by atoms with E-state index in [-0.39, 0.29) is 5.69 Å². The third-order valence-corrected chi connectivity index (χ3v) is 3.28. The van der Waals surface area contributed by atoms with Crippen LogP contribution in [-0.2, 0) is 0 Å². The zero-order valence-electron chi connectivity index (χ0n) is 8.55. The number of rotatable bonds is 2. The lowest BCUT2D eigenvalue weighted by atomic mass is 10.3. The summed E-state index contributed by atoms with van der Waals surface area (Å²) in [6.07, 6.45) is -1.11. The molecule has 3 heterocycles. The van der Waals surface area contributed by atoms with E-state index in [0.29, 0.717) is 11.3 Å². The van der Waals surface area contributed by atoms with Gasteiger partial charge in [0.1, 0.15) is 5.69 Å². The smallest absolute Gasteiger partial charge is 0.228 e. The Balaban J connectivity index is 2.27. The molecule has 0 unspecified atom stereocenters. The molecule has 0 bridgehead atoms. The molecule has 3 nitrogen and oxygen atoms in total. The van der Waals surface area contributed by atoms with Crippen LogP contribution in [0.2, 0.25) is 0 Å². The minimum atomic E-state index is -2.57. The van der Waals surface area contributed by atoms with Crippen molar-refractivity contribution in [1.82, 2.24) is 14.6 Å². The number of hydrogen-bond donors (Lipinski definition) is 0. The van der Waals surface area contributed by atoms with Gasteiger partial charge in [0, 0.05) is 6.07 Å². The Bertz CT molecular complexity index is 646. The molecule has 6 heteroatoms. The van der Waals surface area contributed by atoms with Gasteiger partial charge in [0.15, 0.2) is 5.65 Å². The molecule has 3 aromatic rings. The van der Waals surface area contributed by atoms with E-state index in [1.54, 1.807) is 6.07 Å². The molecule has 86 valence electrons. The molecule has 0 aromatic carbocycles. The van der Waals surface area contributed by atoms with Gasteiger partial charge >= 0.3 is 0 Å². The Morgan fingerprint density at radius 3 is 2.88 bits per heavy atom. The van der Waals surface area contributed by atoms with E-state index in [1.807, 2.05) is 17.5 Å². The lowest BCUT2D eigenvalue weighted by Gasteiger charge is -2.05. The number of aromatic nitrogens is 3. The van der Waals surface area contributed by atoms with E-state index in [9.17, 15) is 8.78 Å². The van der Waals surface area contributed by atoms with Crippen LogP contribution in [0.4, 0.5) is 8.78 Å². The Kier molecular flexibility index (Phi) is 2.36. The first-order chi connectivity index (χ1) is 8.25. The standard InChI is InChI=1S/C11H7F2N3S/c12-11(13)8-6-7(9-2-1-5-17-9)15-10-3-4-14-16(8)10/h1-6,11H. The highest BCUT2D eigenvalue weighted by molar-refractivity contribution is 7.13. The molecule has 0 amide bonds. The zero-order chi connectivity index (χ0) is 11.8. The number of nitrogens with zero attached hydrogens (tertiary/aromatic N) is 3. The summed E-state index contributed by atoms with van der Waals surface area (Å²) in [6, 6.07) is 6.72. The van der Waals surface area contributed by atoms with Gasteiger partial charge in [0.2, 0.25) is 0 Å². The van der Waals surface area contributed by atoms with E-state index >= 15 is 0 Å². The average molecular weight is 251 g/mol. The van der Waals surface area contributed by atoms with Crippen LogP contribution in [0.1, 0.15) is 12.1 Å². The van der Waals surface area contributed by atoms with Crippen LogP contribution in [0, 0.1) is 0 Å². The maximum Gasteiger partial charge on any atom is 0.280 e. The third-order valence-electron chi connectivity index (χ3n) is 2.38. The molecule has 3 rings (SSSR count). The van der Waals surface area contributed by atoms with Crippen LogP contribution in [0.3, 0.4) is 0 Å². The van der Waals surface area contributed by atoms with Crippen molar-refractivity contribution in [1.29, 1.82) is 0 Å². The van der Waals surface area contributed by atoms with Crippen LogP contribution < -0.4 is 0 Å². The largest absolute Gasteiger partial charge is 0.280 e. The molecule has 0 aliphatic rings. The second-order valence-corrected chi connectivity index (χ2v) is 4.39. The fourth-order valence-corrected chi connectivity index (χ4v) is 2.33. The van der Waals surface area contributed by atoms with Gasteiger partial charge in [-0.3, -0.25) is 0 Å². The van der Waals surface area contributed by atoms with E-state index in [4.69, 9.17) is 0 Å². The van der Waals surface area contributed by atoms with Gasteiger partial charge < -0.3 is 0 Å². The van der Waals surface area contributed by atoms with Gasteiger partial charge in [-0.2, -0.15) is 5.10 Å². The van der Waals surface area contributed by atoms with Gasteiger partial charge in [0.25, 0.3) is 6.43 Å². The molecule has 0 fully saturated rings. The number of hydrogen-bond acceptors (Lipinski definition) is 3. The summed E-state index contributed by atoms with van der Waals surface area (Å²) in [5.74, 6) is 0. The summed E-state index contributed by atoms with van der Waals surface area (Å²) in [5.41, 5.74) is 0.859. The molecule has 0 saturated carbocycles. The van der Waals surface area contributed by atoms with E-state index in [1.165, 1.54) is 28.1 Å². The molecular weight excluding hydrogens is 244 g/mol. The Labute approximate surface area is 99.4 Å². The maximum atomic E-state index is 12.9. The predicted molar refractivity (Wildman–Crippen MR) is 61.3 cm³/mol. The van der Waals surface area contributed by atoms with Gasteiger partial charge in [-0.1, -0.05) is 6.07 Å². The highest BCUT2D eigenvalue weighted by atomic mass is 32.1. The first-order valence-corrected chi connectivity index (χ1v) is 5.80. The summed E-state index contributed by atoms with van der Waals surface area (Å²) in [5, 5.41) is 5.73. The van der Waals surface area contributed by atoms with Gasteiger partial charge in [0.05, 0.1) is 16.8 Å². The molecule has 0 aliphatic heterocycles. The topological polar surface area (TPSA) is 30.2 Å². The molecular formula is C11H7F2N3S. The SMILES string of the molecule is FC(F)c1cc(-c2cccs2)nc2ccnn12. The van der Waals surface area contributed by atoms with Crippen molar-refractivity contribution in [3.8, 4) is 10.6 Å². The minimum Gasteiger partial charge on any atom is -0.228 e. The van der Waals surface area contributed by atoms with Gasteiger partial charge in [-0.15, -0.1) is 11.3 Å². The lowest BCUT2D eigenvalue weighted by molar-refractivity contribution is 0.143. The average Bonchev–Trinajstić information content (AvgIpc) is 2.98. The second-order valence-electron chi connectivity index (χ2n) is 3.45.